The Balaban J connectivity index is 2.50. The van der Waals surface area contributed by atoms with E-state index in [-0.39, 0.29) is 0 Å². The number of rotatable bonds is 0. The van der Waals surface area contributed by atoms with E-state index in [0.717, 1.165) is 19.1 Å². The lowest BCUT2D eigenvalue weighted by Gasteiger charge is -2.13. The molecule has 0 N–H and O–H groups in total. The normalized spacial score (nSPS) is 15.1. The van der Waals surface area contributed by atoms with Crippen molar-refractivity contribution in [2.75, 3.05) is 13.2 Å². The van der Waals surface area contributed by atoms with Crippen LogP contribution in [0.25, 0.3) is 0 Å². The highest BCUT2D eigenvalue weighted by Crippen LogP contribution is 2.49. The molecule has 0 atom stereocenters. The molecule has 0 radical (unpaired) electrons. The van der Waals surface area contributed by atoms with Crippen molar-refractivity contribution in [2.45, 2.75) is 0 Å². The molecular formula is C6H4Br2O2S. The zero-order chi connectivity index (χ0) is 7.84. The minimum absolute atomic E-state index is 0.634. The highest BCUT2D eigenvalue weighted by atomic mass is 79.9. The predicted molar refractivity (Wildman–Crippen MR) is 50.7 cm³/mol. The maximum Gasteiger partial charge on any atom is 0.219 e. The smallest absolute Gasteiger partial charge is 0.219 e. The molecule has 60 valence electrons. The molecule has 0 aromatic carbocycles. The SMILES string of the molecule is Brc1sc2c(c1Br)OCCO2. The minimum atomic E-state index is 0.634. The molecule has 0 aliphatic carbocycles. The van der Waals surface area contributed by atoms with E-state index in [1.165, 1.54) is 11.3 Å². The van der Waals surface area contributed by atoms with Crippen molar-refractivity contribution in [3.63, 3.8) is 0 Å². The Morgan fingerprint density at radius 2 is 1.91 bits per heavy atom. The lowest BCUT2D eigenvalue weighted by Crippen LogP contribution is -2.13. The van der Waals surface area contributed by atoms with Crippen LogP contribution in [0.3, 0.4) is 0 Å². The van der Waals surface area contributed by atoms with Gasteiger partial charge in [0.25, 0.3) is 0 Å². The van der Waals surface area contributed by atoms with Crippen LogP contribution in [-0.2, 0) is 0 Å². The second-order valence-corrected chi connectivity index (χ2v) is 5.10. The quantitative estimate of drug-likeness (QED) is 0.733. The van der Waals surface area contributed by atoms with Gasteiger partial charge in [-0.1, -0.05) is 11.3 Å². The summed E-state index contributed by atoms with van der Waals surface area (Å²) in [4.78, 5) is 0. The summed E-state index contributed by atoms with van der Waals surface area (Å²) < 4.78 is 12.7. The van der Waals surface area contributed by atoms with Crippen molar-refractivity contribution in [2.24, 2.45) is 0 Å². The zero-order valence-electron chi connectivity index (χ0n) is 5.39. The maximum atomic E-state index is 5.38. The molecule has 1 aliphatic heterocycles. The van der Waals surface area contributed by atoms with Crippen LogP contribution < -0.4 is 9.47 Å². The summed E-state index contributed by atoms with van der Waals surface area (Å²) >= 11 is 8.32. The summed E-state index contributed by atoms with van der Waals surface area (Å²) in [5.74, 6) is 0.827. The van der Waals surface area contributed by atoms with E-state index in [9.17, 15) is 0 Å². The molecule has 0 spiro atoms. The third-order valence-corrected chi connectivity index (χ3v) is 4.61. The number of hydrogen-bond donors (Lipinski definition) is 0. The van der Waals surface area contributed by atoms with Gasteiger partial charge in [-0.15, -0.1) is 0 Å². The monoisotopic (exact) mass is 298 g/mol. The summed E-state index contributed by atoms with van der Waals surface area (Å²) in [5.41, 5.74) is 0. The van der Waals surface area contributed by atoms with Gasteiger partial charge in [0.15, 0.2) is 5.75 Å². The Hall–Kier alpha value is 0.260. The first-order chi connectivity index (χ1) is 5.29. The van der Waals surface area contributed by atoms with Crippen molar-refractivity contribution < 1.29 is 9.47 Å². The molecule has 2 nitrogen and oxygen atoms in total. The fourth-order valence-corrected chi connectivity index (χ4v) is 2.88. The van der Waals surface area contributed by atoms with Gasteiger partial charge in [-0.3, -0.25) is 0 Å². The van der Waals surface area contributed by atoms with Crippen LogP contribution in [0.2, 0.25) is 0 Å². The molecule has 1 aromatic rings. The first-order valence-electron chi connectivity index (χ1n) is 3.02. The van der Waals surface area contributed by atoms with Crippen molar-refractivity contribution >= 4 is 43.2 Å². The predicted octanol–water partition coefficient (Wildman–Crippen LogP) is 3.04. The van der Waals surface area contributed by atoms with Gasteiger partial charge in [-0.2, -0.15) is 0 Å². The second-order valence-electron chi connectivity index (χ2n) is 2.00. The van der Waals surface area contributed by atoms with Crippen LogP contribution in [0.15, 0.2) is 8.26 Å². The van der Waals surface area contributed by atoms with E-state index >= 15 is 0 Å². The van der Waals surface area contributed by atoms with Crippen molar-refractivity contribution in [1.29, 1.82) is 0 Å². The molecule has 11 heavy (non-hydrogen) atoms. The third kappa shape index (κ3) is 1.29. The van der Waals surface area contributed by atoms with Gasteiger partial charge in [0.1, 0.15) is 13.2 Å². The molecule has 2 heterocycles. The summed E-state index contributed by atoms with van der Waals surface area (Å²) in [6, 6.07) is 0. The average molecular weight is 300 g/mol. The van der Waals surface area contributed by atoms with Crippen LogP contribution in [-0.4, -0.2) is 13.2 Å². The highest BCUT2D eigenvalue weighted by molar-refractivity contribution is 9.13. The van der Waals surface area contributed by atoms with E-state index in [0.29, 0.717) is 13.2 Å². The largest absolute Gasteiger partial charge is 0.484 e. The lowest BCUT2D eigenvalue weighted by atomic mass is 10.5. The summed E-state index contributed by atoms with van der Waals surface area (Å²) in [5, 5.41) is 0.856. The topological polar surface area (TPSA) is 18.5 Å². The van der Waals surface area contributed by atoms with E-state index in [1.54, 1.807) is 0 Å². The molecule has 0 fully saturated rings. The molecule has 0 saturated carbocycles. The molecule has 0 amide bonds. The van der Waals surface area contributed by atoms with Gasteiger partial charge < -0.3 is 9.47 Å². The summed E-state index contributed by atoms with van der Waals surface area (Å²) in [6.45, 7) is 1.28. The molecular weight excluding hydrogens is 296 g/mol. The Labute approximate surface area is 84.8 Å². The molecule has 1 aromatic heterocycles. The van der Waals surface area contributed by atoms with Crippen LogP contribution >= 0.6 is 43.2 Å². The third-order valence-electron chi connectivity index (χ3n) is 1.30. The van der Waals surface area contributed by atoms with Gasteiger partial charge in [0, 0.05) is 0 Å². The lowest BCUT2D eigenvalue weighted by molar-refractivity contribution is 0.177. The Morgan fingerprint density at radius 1 is 1.18 bits per heavy atom. The number of fused-ring (bicyclic) bond motifs is 1. The highest BCUT2D eigenvalue weighted by Gasteiger charge is 2.20. The van der Waals surface area contributed by atoms with Crippen molar-refractivity contribution in [1.82, 2.24) is 0 Å². The van der Waals surface area contributed by atoms with Crippen LogP contribution in [0, 0.1) is 0 Å². The van der Waals surface area contributed by atoms with E-state index in [4.69, 9.17) is 9.47 Å². The molecule has 1 aliphatic rings. The Kier molecular flexibility index (Phi) is 2.12. The number of halogens is 2. The van der Waals surface area contributed by atoms with Gasteiger partial charge in [-0.25, -0.2) is 0 Å². The molecule has 0 unspecified atom stereocenters. The zero-order valence-corrected chi connectivity index (χ0v) is 9.38. The standard InChI is InChI=1S/C6H4Br2O2S/c7-3-4-6(11-5(3)8)10-2-1-9-4/h1-2H2. The molecule has 0 bridgehead atoms. The fraction of sp³-hybridized carbons (Fsp3) is 0.333. The van der Waals surface area contributed by atoms with Crippen LogP contribution in [0.1, 0.15) is 0 Å². The number of thiophene rings is 1. The van der Waals surface area contributed by atoms with Crippen LogP contribution in [0.4, 0.5) is 0 Å². The van der Waals surface area contributed by atoms with Gasteiger partial charge in [0.2, 0.25) is 5.06 Å². The van der Waals surface area contributed by atoms with E-state index < -0.39 is 0 Å². The second kappa shape index (κ2) is 2.95. The fourth-order valence-electron chi connectivity index (χ4n) is 0.847. The van der Waals surface area contributed by atoms with E-state index in [1.807, 2.05) is 0 Å². The minimum Gasteiger partial charge on any atom is -0.484 e. The molecule has 2 rings (SSSR count). The first-order valence-corrected chi connectivity index (χ1v) is 5.42. The first kappa shape index (κ1) is 7.89. The number of ether oxygens (including phenoxy) is 2. The Bertz CT molecular complexity index is 284. The average Bonchev–Trinajstić information content (AvgIpc) is 2.30. The number of hydrogen-bond acceptors (Lipinski definition) is 3. The summed E-state index contributed by atoms with van der Waals surface area (Å²) in [6.07, 6.45) is 0. The maximum absolute atomic E-state index is 5.38. The van der Waals surface area contributed by atoms with Crippen molar-refractivity contribution in [3.05, 3.63) is 8.26 Å². The van der Waals surface area contributed by atoms with E-state index in [2.05, 4.69) is 31.9 Å². The van der Waals surface area contributed by atoms with Gasteiger partial charge >= 0.3 is 0 Å². The molecule has 5 heteroatoms. The Morgan fingerprint density at radius 3 is 2.64 bits per heavy atom. The summed E-state index contributed by atoms with van der Waals surface area (Å²) in [7, 11) is 0. The van der Waals surface area contributed by atoms with Gasteiger partial charge in [0.05, 0.1) is 8.26 Å². The van der Waals surface area contributed by atoms with Crippen molar-refractivity contribution in [3.8, 4) is 10.8 Å². The molecule has 0 saturated heterocycles. The van der Waals surface area contributed by atoms with Crippen LogP contribution in [0.5, 0.6) is 10.8 Å². The van der Waals surface area contributed by atoms with Gasteiger partial charge in [-0.05, 0) is 31.9 Å².